The maximum absolute atomic E-state index is 9.39. The van der Waals surface area contributed by atoms with E-state index < -0.39 is 6.10 Å². The largest absolute Gasteiger partial charge is 0.391 e. The molecule has 0 bridgehead atoms. The van der Waals surface area contributed by atoms with Crippen LogP contribution in [-0.2, 0) is 0 Å². The van der Waals surface area contributed by atoms with Crippen molar-refractivity contribution in [2.75, 3.05) is 0 Å². The summed E-state index contributed by atoms with van der Waals surface area (Å²) in [6, 6.07) is -0.157. The van der Waals surface area contributed by atoms with Crippen LogP contribution >= 0.6 is 0 Å². The molecule has 0 aromatic heterocycles. The van der Waals surface area contributed by atoms with E-state index in [1.54, 1.807) is 6.92 Å². The summed E-state index contributed by atoms with van der Waals surface area (Å²) in [5, 5.41) is 9.39. The van der Waals surface area contributed by atoms with E-state index in [-0.39, 0.29) is 6.04 Å². The summed E-state index contributed by atoms with van der Waals surface area (Å²) >= 11 is 0. The Kier molecular flexibility index (Phi) is 4.93. The Balaban J connectivity index is 3.78. The second-order valence-corrected chi connectivity index (χ2v) is 3.02. The van der Waals surface area contributed by atoms with Crippen LogP contribution in [0.15, 0.2) is 0 Å². The molecule has 0 saturated carbocycles. The lowest BCUT2D eigenvalue weighted by Gasteiger charge is -2.19. The second kappa shape index (κ2) is 5.17. The average molecular weight is 155 g/mol. The minimum atomic E-state index is -0.484. The molecule has 0 rings (SSSR count). The standard InChI is InChI=1S/C9H17NO/c1-4-5-6-8(11)9(10)7(2)3/h7-9,11H,6,10H2,1-3H3/t8?,9-/m0/s1. The molecule has 11 heavy (non-hydrogen) atoms. The lowest BCUT2D eigenvalue weighted by atomic mass is 9.98. The van der Waals surface area contributed by atoms with Crippen LogP contribution in [0.4, 0.5) is 0 Å². The van der Waals surface area contributed by atoms with E-state index in [2.05, 4.69) is 11.8 Å². The first kappa shape index (κ1) is 10.5. The predicted molar refractivity (Wildman–Crippen MR) is 46.9 cm³/mol. The predicted octanol–water partition coefficient (Wildman–Crippen LogP) is 0.744. The van der Waals surface area contributed by atoms with Gasteiger partial charge in [0.1, 0.15) is 0 Å². The zero-order chi connectivity index (χ0) is 8.85. The molecule has 2 atom stereocenters. The zero-order valence-electron chi connectivity index (χ0n) is 7.46. The van der Waals surface area contributed by atoms with E-state index >= 15 is 0 Å². The number of aliphatic hydroxyl groups excluding tert-OH is 1. The lowest BCUT2D eigenvalue weighted by Crippen LogP contribution is -2.38. The summed E-state index contributed by atoms with van der Waals surface area (Å²) < 4.78 is 0. The van der Waals surface area contributed by atoms with Crippen LogP contribution in [0.5, 0.6) is 0 Å². The molecule has 2 nitrogen and oxygen atoms in total. The molecule has 0 aliphatic carbocycles. The molecule has 0 radical (unpaired) electrons. The zero-order valence-corrected chi connectivity index (χ0v) is 7.46. The van der Waals surface area contributed by atoms with Crippen LogP contribution in [0.1, 0.15) is 27.2 Å². The molecule has 0 aromatic rings. The highest BCUT2D eigenvalue weighted by molar-refractivity contribution is 4.98. The van der Waals surface area contributed by atoms with Crippen molar-refractivity contribution < 1.29 is 5.11 Å². The van der Waals surface area contributed by atoms with Crippen LogP contribution in [-0.4, -0.2) is 17.3 Å². The lowest BCUT2D eigenvalue weighted by molar-refractivity contribution is 0.129. The molecule has 0 heterocycles. The van der Waals surface area contributed by atoms with Gasteiger partial charge < -0.3 is 10.8 Å². The first-order chi connectivity index (χ1) is 5.09. The molecule has 0 fully saturated rings. The van der Waals surface area contributed by atoms with Crippen LogP contribution in [0, 0.1) is 17.8 Å². The van der Waals surface area contributed by atoms with Gasteiger partial charge in [-0.15, -0.1) is 11.8 Å². The maximum atomic E-state index is 9.39. The molecule has 0 aliphatic heterocycles. The van der Waals surface area contributed by atoms with E-state index in [9.17, 15) is 5.11 Å². The van der Waals surface area contributed by atoms with Crippen molar-refractivity contribution in [1.29, 1.82) is 0 Å². The van der Waals surface area contributed by atoms with Gasteiger partial charge in [0, 0.05) is 12.5 Å². The van der Waals surface area contributed by atoms with Gasteiger partial charge >= 0.3 is 0 Å². The molecule has 0 aliphatic rings. The van der Waals surface area contributed by atoms with Crippen LogP contribution < -0.4 is 5.73 Å². The molecular formula is C9H17NO. The fourth-order valence-electron chi connectivity index (χ4n) is 0.787. The minimum absolute atomic E-state index is 0.157. The summed E-state index contributed by atoms with van der Waals surface area (Å²) in [6.07, 6.45) is -0.00185. The fourth-order valence-corrected chi connectivity index (χ4v) is 0.787. The molecule has 3 N–H and O–H groups in total. The Hall–Kier alpha value is -0.520. The van der Waals surface area contributed by atoms with Gasteiger partial charge in [-0.1, -0.05) is 13.8 Å². The second-order valence-electron chi connectivity index (χ2n) is 3.02. The number of nitrogens with two attached hydrogens (primary N) is 1. The molecule has 0 amide bonds. The molecule has 2 heteroatoms. The summed E-state index contributed by atoms with van der Waals surface area (Å²) in [6.45, 7) is 5.74. The first-order valence-electron chi connectivity index (χ1n) is 3.92. The normalized spacial score (nSPS) is 15.5. The Labute approximate surface area is 68.8 Å². The van der Waals surface area contributed by atoms with Gasteiger partial charge in [-0.05, 0) is 12.8 Å². The Bertz CT molecular complexity index is 155. The Morgan fingerprint density at radius 3 is 2.36 bits per heavy atom. The summed E-state index contributed by atoms with van der Waals surface area (Å²) in [4.78, 5) is 0. The quantitative estimate of drug-likeness (QED) is 0.591. The van der Waals surface area contributed by atoms with Gasteiger partial charge in [0.25, 0.3) is 0 Å². The van der Waals surface area contributed by atoms with Crippen molar-refractivity contribution in [3.63, 3.8) is 0 Å². The van der Waals surface area contributed by atoms with Crippen LogP contribution in [0.25, 0.3) is 0 Å². The first-order valence-corrected chi connectivity index (χ1v) is 3.92. The topological polar surface area (TPSA) is 46.2 Å². The third-order valence-electron chi connectivity index (χ3n) is 1.70. The van der Waals surface area contributed by atoms with Gasteiger partial charge in [-0.25, -0.2) is 0 Å². The fraction of sp³-hybridized carbons (Fsp3) is 0.778. The summed E-state index contributed by atoms with van der Waals surface area (Å²) in [7, 11) is 0. The third-order valence-corrected chi connectivity index (χ3v) is 1.70. The number of aliphatic hydroxyl groups is 1. The molecule has 0 saturated heterocycles. The van der Waals surface area contributed by atoms with Crippen molar-refractivity contribution in [3.8, 4) is 11.8 Å². The SMILES string of the molecule is CC#CCC(O)[C@@H](N)C(C)C. The highest BCUT2D eigenvalue weighted by atomic mass is 16.3. The third kappa shape index (κ3) is 4.02. The van der Waals surface area contributed by atoms with Crippen molar-refractivity contribution in [2.45, 2.75) is 39.3 Å². The Morgan fingerprint density at radius 2 is 2.00 bits per heavy atom. The van der Waals surface area contributed by atoms with Gasteiger partial charge in [0.05, 0.1) is 6.10 Å². The van der Waals surface area contributed by atoms with E-state index in [1.165, 1.54) is 0 Å². The number of hydrogen-bond donors (Lipinski definition) is 2. The number of hydrogen-bond acceptors (Lipinski definition) is 2. The van der Waals surface area contributed by atoms with E-state index in [1.807, 2.05) is 13.8 Å². The van der Waals surface area contributed by atoms with Crippen molar-refractivity contribution in [1.82, 2.24) is 0 Å². The van der Waals surface area contributed by atoms with Gasteiger partial charge in [-0.2, -0.15) is 0 Å². The van der Waals surface area contributed by atoms with Crippen molar-refractivity contribution in [2.24, 2.45) is 11.7 Å². The molecule has 0 aromatic carbocycles. The smallest absolute Gasteiger partial charge is 0.0802 e. The summed E-state index contributed by atoms with van der Waals surface area (Å²) in [5.41, 5.74) is 5.68. The van der Waals surface area contributed by atoms with Crippen LogP contribution in [0.2, 0.25) is 0 Å². The van der Waals surface area contributed by atoms with Gasteiger partial charge in [0.15, 0.2) is 0 Å². The van der Waals surface area contributed by atoms with E-state index in [4.69, 9.17) is 5.73 Å². The summed E-state index contributed by atoms with van der Waals surface area (Å²) in [5.74, 6) is 5.84. The monoisotopic (exact) mass is 155 g/mol. The van der Waals surface area contributed by atoms with E-state index in [0.717, 1.165) is 0 Å². The van der Waals surface area contributed by atoms with Crippen LogP contribution in [0.3, 0.4) is 0 Å². The Morgan fingerprint density at radius 1 is 1.45 bits per heavy atom. The highest BCUT2D eigenvalue weighted by Gasteiger charge is 2.16. The molecule has 1 unspecified atom stereocenters. The average Bonchev–Trinajstić information content (AvgIpc) is 1.98. The number of rotatable bonds is 3. The van der Waals surface area contributed by atoms with Gasteiger partial charge in [0.2, 0.25) is 0 Å². The van der Waals surface area contributed by atoms with Crippen molar-refractivity contribution >= 4 is 0 Å². The van der Waals surface area contributed by atoms with Crippen molar-refractivity contribution in [3.05, 3.63) is 0 Å². The van der Waals surface area contributed by atoms with Gasteiger partial charge in [-0.3, -0.25) is 0 Å². The van der Waals surface area contributed by atoms with E-state index in [0.29, 0.717) is 12.3 Å². The molecule has 0 spiro atoms. The molecular weight excluding hydrogens is 138 g/mol. The minimum Gasteiger partial charge on any atom is -0.391 e. The highest BCUT2D eigenvalue weighted by Crippen LogP contribution is 2.05. The molecule has 64 valence electrons. The maximum Gasteiger partial charge on any atom is 0.0802 e.